The Balaban J connectivity index is 2.74. The van der Waals surface area contributed by atoms with Gasteiger partial charge in [-0.3, -0.25) is 0 Å². The standard InChI is InChI=1S/C9H7NO2.CH2.Al/c11-9-5-1-4-8-7(9)3-2-6-10(8)12;;/h1-6,12H;1H2;/q;;+1. The van der Waals surface area contributed by atoms with Crippen LogP contribution < -0.4 is 8.52 Å². The van der Waals surface area contributed by atoms with Crippen molar-refractivity contribution in [2.45, 2.75) is 0 Å². The Labute approximate surface area is 87.7 Å². The molecule has 2 aromatic rings. The van der Waals surface area contributed by atoms with Crippen molar-refractivity contribution in [1.82, 2.24) is 0 Å². The number of hydrogen-bond donors (Lipinski definition) is 1. The average molecular weight is 202 g/mol. The van der Waals surface area contributed by atoms with Crippen LogP contribution in [0.5, 0.6) is 5.75 Å². The van der Waals surface area contributed by atoms with Gasteiger partial charge in [0.2, 0.25) is 0 Å². The van der Waals surface area contributed by atoms with E-state index in [1.54, 1.807) is 12.3 Å². The van der Waals surface area contributed by atoms with E-state index in [-0.39, 0.29) is 15.1 Å². The molecule has 0 saturated heterocycles. The van der Waals surface area contributed by atoms with Crippen molar-refractivity contribution >= 4 is 31.4 Å². The van der Waals surface area contributed by atoms with Crippen LogP contribution in [0, 0.1) is 0 Å². The summed E-state index contributed by atoms with van der Waals surface area (Å²) in [5, 5.41) is 14.1. The van der Waals surface area contributed by atoms with Crippen LogP contribution in [0.15, 0.2) is 36.5 Å². The Morgan fingerprint density at radius 1 is 1.29 bits per heavy atom. The molecule has 0 aliphatic carbocycles. The van der Waals surface area contributed by atoms with Crippen LogP contribution in [-0.2, 0) is 0 Å². The molecule has 0 saturated carbocycles. The van der Waals surface area contributed by atoms with Crippen LogP contribution in [0.4, 0.5) is 0 Å². The zero-order valence-corrected chi connectivity index (χ0v) is 8.71. The third-order valence-corrected chi connectivity index (χ3v) is 2.41. The Hall–Kier alpha value is -1.37. The topological polar surface area (TPSA) is 33.3 Å². The summed E-state index contributed by atoms with van der Waals surface area (Å²) in [7, 11) is 0. The number of aromatic nitrogens is 1. The Morgan fingerprint density at radius 2 is 2.14 bits per heavy atom. The van der Waals surface area contributed by atoms with Crippen LogP contribution >= 0.6 is 0 Å². The van der Waals surface area contributed by atoms with E-state index >= 15 is 0 Å². The molecule has 0 spiro atoms. The molecule has 0 amide bonds. The van der Waals surface area contributed by atoms with Gasteiger partial charge < -0.3 is 0 Å². The van der Waals surface area contributed by atoms with Crippen molar-refractivity contribution in [3.63, 3.8) is 0 Å². The second-order valence-corrected chi connectivity index (χ2v) is 3.40. The van der Waals surface area contributed by atoms with Gasteiger partial charge in [-0.1, -0.05) is 0 Å². The predicted octanol–water partition coefficient (Wildman–Crippen LogP) is 0.795. The summed E-state index contributed by atoms with van der Waals surface area (Å²) in [6.45, 7) is 0. The molecule has 1 N–H and O–H groups in total. The second kappa shape index (κ2) is 3.79. The summed E-state index contributed by atoms with van der Waals surface area (Å²) >= 11 is -0.286. The normalized spacial score (nSPS) is 9.71. The van der Waals surface area contributed by atoms with Gasteiger partial charge in [-0.25, -0.2) is 0 Å². The first-order valence-corrected chi connectivity index (χ1v) is 5.52. The molecule has 14 heavy (non-hydrogen) atoms. The summed E-state index contributed by atoms with van der Waals surface area (Å²) in [4.78, 5) is 0. The molecule has 0 aliphatic rings. The summed E-state index contributed by atoms with van der Waals surface area (Å²) in [6, 6.07) is 9.24. The SMILES string of the molecule is [CH2]=[Al][O]c1cccc2c1ccc[n+]2O. The van der Waals surface area contributed by atoms with Gasteiger partial charge in [0, 0.05) is 0 Å². The molecule has 1 aromatic carbocycles. The molecule has 1 heterocycles. The minimum absolute atomic E-state index is 0.286. The molecule has 0 unspecified atom stereocenters. The van der Waals surface area contributed by atoms with Gasteiger partial charge in [-0.15, -0.1) is 0 Å². The van der Waals surface area contributed by atoms with Gasteiger partial charge >= 0.3 is 87.4 Å². The molecule has 3 nitrogen and oxygen atoms in total. The van der Waals surface area contributed by atoms with Gasteiger partial charge in [0.25, 0.3) is 0 Å². The zero-order chi connectivity index (χ0) is 9.97. The Bertz CT molecular complexity index is 485. The van der Waals surface area contributed by atoms with Crippen molar-refractivity contribution < 1.29 is 13.7 Å². The molecule has 0 atom stereocenters. The van der Waals surface area contributed by atoms with Crippen LogP contribution in [0.25, 0.3) is 10.9 Å². The number of hydrogen-bond acceptors (Lipinski definition) is 2. The van der Waals surface area contributed by atoms with E-state index in [0.29, 0.717) is 0 Å². The van der Waals surface area contributed by atoms with Crippen molar-refractivity contribution in [1.29, 1.82) is 0 Å². The molecule has 0 fully saturated rings. The van der Waals surface area contributed by atoms with E-state index in [2.05, 4.69) is 5.39 Å². The number of rotatable bonds is 2. The van der Waals surface area contributed by atoms with E-state index in [1.165, 1.54) is 0 Å². The van der Waals surface area contributed by atoms with Gasteiger partial charge in [-0.05, 0) is 0 Å². The van der Waals surface area contributed by atoms with E-state index in [1.807, 2.05) is 24.3 Å². The van der Waals surface area contributed by atoms with Crippen LogP contribution in [0.1, 0.15) is 0 Å². The fraction of sp³-hybridized carbons (Fsp3) is 0. The van der Waals surface area contributed by atoms with Crippen molar-refractivity contribution in [2.24, 2.45) is 0 Å². The number of fused-ring (bicyclic) bond motifs is 1. The quantitative estimate of drug-likeness (QED) is 0.444. The van der Waals surface area contributed by atoms with Gasteiger partial charge in [-0.2, -0.15) is 0 Å². The molecular formula is C10H9AlNO2+. The number of pyridine rings is 1. The first-order chi connectivity index (χ1) is 6.83. The van der Waals surface area contributed by atoms with Crippen LogP contribution in [0.2, 0.25) is 0 Å². The van der Waals surface area contributed by atoms with Gasteiger partial charge in [0.1, 0.15) is 0 Å². The molecule has 1 aromatic heterocycles. The maximum absolute atomic E-state index is 9.52. The Morgan fingerprint density at radius 3 is 2.93 bits per heavy atom. The molecule has 0 bridgehead atoms. The van der Waals surface area contributed by atoms with Crippen LogP contribution in [0.3, 0.4) is 0 Å². The van der Waals surface area contributed by atoms with Crippen molar-refractivity contribution in [3.8, 4) is 5.75 Å². The van der Waals surface area contributed by atoms with Crippen LogP contribution in [-0.4, -0.2) is 25.7 Å². The summed E-state index contributed by atoms with van der Waals surface area (Å²) < 4.78 is 6.51. The maximum atomic E-state index is 9.52. The zero-order valence-electron chi connectivity index (χ0n) is 7.55. The van der Waals surface area contributed by atoms with Gasteiger partial charge in [0.05, 0.1) is 0 Å². The molecular weight excluding hydrogens is 193 g/mol. The monoisotopic (exact) mass is 202 g/mol. The number of nitrogens with zero attached hydrogens (tertiary/aromatic N) is 1. The first kappa shape index (κ1) is 9.20. The van der Waals surface area contributed by atoms with E-state index in [9.17, 15) is 5.21 Å². The van der Waals surface area contributed by atoms with E-state index in [0.717, 1.165) is 21.4 Å². The fourth-order valence-corrected chi connectivity index (χ4v) is 1.78. The van der Waals surface area contributed by atoms with Gasteiger partial charge in [0.15, 0.2) is 0 Å². The second-order valence-electron chi connectivity index (χ2n) is 2.83. The molecule has 4 heteroatoms. The fourth-order valence-electron chi connectivity index (χ4n) is 1.39. The summed E-state index contributed by atoms with van der Waals surface area (Å²) in [5.74, 6) is 0.774. The molecule has 0 radical (unpaired) electrons. The molecule has 2 rings (SSSR count). The third-order valence-electron chi connectivity index (χ3n) is 1.99. The van der Waals surface area contributed by atoms with Crippen molar-refractivity contribution in [3.05, 3.63) is 36.5 Å². The third kappa shape index (κ3) is 1.50. The average Bonchev–Trinajstić information content (AvgIpc) is 2.20. The molecule has 68 valence electrons. The summed E-state index contributed by atoms with van der Waals surface area (Å²) in [6.07, 6.45) is 1.59. The summed E-state index contributed by atoms with van der Waals surface area (Å²) in [5.41, 5.74) is 0.734. The van der Waals surface area contributed by atoms with E-state index < -0.39 is 0 Å². The minimum atomic E-state index is -0.286. The number of benzene rings is 1. The Kier molecular flexibility index (Phi) is 2.49. The first-order valence-electron chi connectivity index (χ1n) is 4.23. The van der Waals surface area contributed by atoms with Crippen molar-refractivity contribution in [2.75, 3.05) is 0 Å². The molecule has 0 aliphatic heterocycles. The van der Waals surface area contributed by atoms with E-state index in [4.69, 9.17) is 3.79 Å². The predicted molar refractivity (Wildman–Crippen MR) is 54.8 cm³/mol.